The largest absolute Gasteiger partial charge is 0.504 e. The first-order valence-corrected chi connectivity index (χ1v) is 10.0. The Morgan fingerprint density at radius 2 is 1.71 bits per heavy atom. The average molecular weight is 478 g/mol. The van der Waals surface area contributed by atoms with Crippen molar-refractivity contribution in [3.05, 3.63) is 40.6 Å². The predicted octanol–water partition coefficient (Wildman–Crippen LogP) is -0.236. The Morgan fingerprint density at radius 1 is 0.971 bits per heavy atom. The van der Waals surface area contributed by atoms with Gasteiger partial charge in [0.15, 0.2) is 17.3 Å². The molecule has 182 valence electrons. The summed E-state index contributed by atoms with van der Waals surface area (Å²) in [5, 5.41) is 69.2. The molecule has 0 saturated carbocycles. The number of ether oxygens (including phenoxy) is 3. The number of hydrogen-bond acceptors (Lipinski definition) is 12. The van der Waals surface area contributed by atoms with Crippen molar-refractivity contribution in [1.29, 1.82) is 0 Å². The van der Waals surface area contributed by atoms with E-state index in [9.17, 15) is 40.5 Å². The Bertz CT molecular complexity index is 1270. The van der Waals surface area contributed by atoms with Crippen LogP contribution in [0.4, 0.5) is 0 Å². The molecule has 12 nitrogen and oxygen atoms in total. The summed E-state index contributed by atoms with van der Waals surface area (Å²) in [4.78, 5) is 13.1. The van der Waals surface area contributed by atoms with Gasteiger partial charge >= 0.3 is 0 Å². The van der Waals surface area contributed by atoms with Gasteiger partial charge in [-0.25, -0.2) is 0 Å². The first kappa shape index (κ1) is 23.6. The highest BCUT2D eigenvalue weighted by molar-refractivity contribution is 5.88. The van der Waals surface area contributed by atoms with Gasteiger partial charge in [0, 0.05) is 17.7 Å². The van der Waals surface area contributed by atoms with Gasteiger partial charge in [-0.05, 0) is 18.2 Å². The molecule has 0 aliphatic carbocycles. The maximum Gasteiger partial charge on any atom is 0.238 e. The molecule has 1 fully saturated rings. The third kappa shape index (κ3) is 3.97. The minimum absolute atomic E-state index is 0.0889. The number of phenolic OH excluding ortho intramolecular Hbond substituents is 2. The smallest absolute Gasteiger partial charge is 0.238 e. The molecule has 12 heteroatoms. The molecule has 7 N–H and O–H groups in total. The summed E-state index contributed by atoms with van der Waals surface area (Å²) in [6, 6.07) is 6.13. The third-order valence-electron chi connectivity index (χ3n) is 5.47. The van der Waals surface area contributed by atoms with Crippen LogP contribution in [0.3, 0.4) is 0 Å². The number of fused-ring (bicyclic) bond motifs is 1. The quantitative estimate of drug-likeness (QED) is 0.238. The van der Waals surface area contributed by atoms with Gasteiger partial charge < -0.3 is 54.4 Å². The molecule has 2 unspecified atom stereocenters. The van der Waals surface area contributed by atoms with E-state index in [4.69, 9.17) is 18.6 Å². The number of phenols is 2. The number of aliphatic hydroxyl groups excluding tert-OH is 4. The van der Waals surface area contributed by atoms with Crippen molar-refractivity contribution in [1.82, 2.24) is 0 Å². The lowest BCUT2D eigenvalue weighted by atomic mass is 9.99. The van der Waals surface area contributed by atoms with E-state index in [1.165, 1.54) is 25.3 Å². The van der Waals surface area contributed by atoms with Gasteiger partial charge in [0.1, 0.15) is 46.9 Å². The Hall–Kier alpha value is -3.55. The fraction of sp³-hybridized carbons (Fsp3) is 0.318. The summed E-state index contributed by atoms with van der Waals surface area (Å²) < 4.78 is 21.8. The number of benzene rings is 2. The summed E-state index contributed by atoms with van der Waals surface area (Å²) in [7, 11) is 1.33. The second kappa shape index (κ2) is 9.00. The summed E-state index contributed by atoms with van der Waals surface area (Å²) in [6.07, 6.45) is -7.94. The molecule has 2 aromatic carbocycles. The lowest BCUT2D eigenvalue weighted by Gasteiger charge is -2.39. The molecular weight excluding hydrogens is 456 g/mol. The zero-order valence-corrected chi connectivity index (χ0v) is 17.7. The number of methoxy groups -OCH3 is 1. The molecule has 0 spiro atoms. The average Bonchev–Trinajstić information content (AvgIpc) is 2.83. The van der Waals surface area contributed by atoms with Crippen LogP contribution >= 0.6 is 0 Å². The minimum atomic E-state index is -1.75. The highest BCUT2D eigenvalue weighted by Crippen LogP contribution is 2.39. The first-order valence-electron chi connectivity index (χ1n) is 10.0. The Morgan fingerprint density at radius 3 is 2.35 bits per heavy atom. The lowest BCUT2D eigenvalue weighted by Crippen LogP contribution is -2.60. The van der Waals surface area contributed by atoms with Crippen molar-refractivity contribution >= 4 is 11.0 Å². The minimum Gasteiger partial charge on any atom is -0.504 e. The van der Waals surface area contributed by atoms with Crippen LogP contribution in [0.25, 0.3) is 22.3 Å². The van der Waals surface area contributed by atoms with Crippen molar-refractivity contribution in [2.75, 3.05) is 13.7 Å². The summed E-state index contributed by atoms with van der Waals surface area (Å²) in [5.41, 5.74) is -0.957. The van der Waals surface area contributed by atoms with Crippen molar-refractivity contribution in [3.63, 3.8) is 0 Å². The molecule has 2 heterocycles. The summed E-state index contributed by atoms with van der Waals surface area (Å²) in [5.74, 6) is -2.15. The molecular formula is C22H22O12. The molecule has 1 aromatic heterocycles. The molecule has 0 amide bonds. The van der Waals surface area contributed by atoms with Crippen LogP contribution in [-0.2, 0) is 4.74 Å². The fourth-order valence-corrected chi connectivity index (χ4v) is 3.61. The lowest BCUT2D eigenvalue weighted by molar-refractivity contribution is -0.277. The van der Waals surface area contributed by atoms with Gasteiger partial charge in [0.25, 0.3) is 0 Å². The molecule has 0 bridgehead atoms. The molecule has 0 radical (unpaired) electrons. The monoisotopic (exact) mass is 478 g/mol. The zero-order valence-electron chi connectivity index (χ0n) is 17.7. The second-order valence-corrected chi connectivity index (χ2v) is 7.63. The summed E-state index contributed by atoms with van der Waals surface area (Å²) in [6.45, 7) is -0.685. The third-order valence-corrected chi connectivity index (χ3v) is 5.47. The van der Waals surface area contributed by atoms with E-state index in [-0.39, 0.29) is 33.8 Å². The SMILES string of the molecule is COc1cc(O[C@@H]2OC(CO)[C@@H](O)[C@H](O)C2O)c2c(=O)c(O)c(-c3ccc(O)c(O)c3)oc2c1. The van der Waals surface area contributed by atoms with Crippen molar-refractivity contribution in [2.24, 2.45) is 0 Å². The van der Waals surface area contributed by atoms with Crippen LogP contribution < -0.4 is 14.9 Å². The second-order valence-electron chi connectivity index (χ2n) is 7.63. The Balaban J connectivity index is 1.84. The van der Waals surface area contributed by atoms with E-state index in [1.54, 1.807) is 0 Å². The van der Waals surface area contributed by atoms with E-state index in [1.807, 2.05) is 0 Å². The maximum absolute atomic E-state index is 13.1. The van der Waals surface area contributed by atoms with Crippen molar-refractivity contribution < 1.29 is 54.4 Å². The number of aliphatic hydroxyl groups is 4. The van der Waals surface area contributed by atoms with E-state index in [2.05, 4.69) is 0 Å². The molecule has 1 aliphatic rings. The number of rotatable bonds is 5. The fourth-order valence-electron chi connectivity index (χ4n) is 3.61. The highest BCUT2D eigenvalue weighted by atomic mass is 16.7. The normalized spacial score (nSPS) is 24.8. The summed E-state index contributed by atoms with van der Waals surface area (Å²) >= 11 is 0. The van der Waals surface area contributed by atoms with E-state index in [0.29, 0.717) is 0 Å². The van der Waals surface area contributed by atoms with Gasteiger partial charge in [0.2, 0.25) is 17.5 Å². The molecule has 1 aliphatic heterocycles. The molecule has 4 rings (SSSR count). The van der Waals surface area contributed by atoms with Crippen LogP contribution in [0, 0.1) is 0 Å². The highest BCUT2D eigenvalue weighted by Gasteiger charge is 2.45. The zero-order chi connectivity index (χ0) is 24.7. The van der Waals surface area contributed by atoms with Gasteiger partial charge in [-0.1, -0.05) is 0 Å². The van der Waals surface area contributed by atoms with Gasteiger partial charge in [-0.3, -0.25) is 4.79 Å². The first-order chi connectivity index (χ1) is 16.2. The Kier molecular flexibility index (Phi) is 6.25. The number of hydrogen-bond donors (Lipinski definition) is 7. The van der Waals surface area contributed by atoms with Crippen LogP contribution in [-0.4, -0.2) is 80.2 Å². The van der Waals surface area contributed by atoms with Crippen LogP contribution in [0.15, 0.2) is 39.5 Å². The van der Waals surface area contributed by atoms with Crippen molar-refractivity contribution in [2.45, 2.75) is 30.7 Å². The van der Waals surface area contributed by atoms with Gasteiger partial charge in [0.05, 0.1) is 13.7 Å². The van der Waals surface area contributed by atoms with Gasteiger partial charge in [-0.2, -0.15) is 0 Å². The van der Waals surface area contributed by atoms with E-state index in [0.717, 1.165) is 12.1 Å². The molecule has 5 atom stereocenters. The standard InChI is InChI=1S/C22H22O12/c1-31-9-5-12-15(13(6-9)33-22-20(30)18(28)16(26)14(7-23)34-22)17(27)19(29)21(32-12)8-2-3-10(24)11(25)4-8/h2-6,14,16,18,20,22-26,28-30H,7H2,1H3/t14?,16-,18+,20?,22-/m1/s1. The van der Waals surface area contributed by atoms with E-state index < -0.39 is 60.0 Å². The predicted molar refractivity (Wildman–Crippen MR) is 114 cm³/mol. The van der Waals surface area contributed by atoms with Crippen LogP contribution in [0.2, 0.25) is 0 Å². The molecule has 3 aromatic rings. The Labute approximate surface area is 191 Å². The molecule has 1 saturated heterocycles. The van der Waals surface area contributed by atoms with Crippen molar-refractivity contribution in [3.8, 4) is 40.1 Å². The topological polar surface area (TPSA) is 200 Å². The molecule has 34 heavy (non-hydrogen) atoms. The maximum atomic E-state index is 13.1. The van der Waals surface area contributed by atoms with Gasteiger partial charge in [-0.15, -0.1) is 0 Å². The number of aromatic hydroxyl groups is 3. The van der Waals surface area contributed by atoms with Crippen LogP contribution in [0.1, 0.15) is 0 Å². The van der Waals surface area contributed by atoms with Crippen LogP contribution in [0.5, 0.6) is 28.7 Å². The van der Waals surface area contributed by atoms with E-state index >= 15 is 0 Å².